The third kappa shape index (κ3) is 3.80. The molecule has 1 fully saturated rings. The maximum atomic E-state index is 13.5. The normalized spacial score (nSPS) is 15.3. The number of hydrogen-bond donors (Lipinski definition) is 1. The largest absolute Gasteiger partial charge is 0.437 e. The highest BCUT2D eigenvalue weighted by molar-refractivity contribution is 8.00. The molecular weight excluding hydrogens is 427 g/mol. The highest BCUT2D eigenvalue weighted by atomic mass is 32.2. The van der Waals surface area contributed by atoms with Crippen LogP contribution in [0.4, 0.5) is 4.39 Å². The zero-order valence-electron chi connectivity index (χ0n) is 17.6. The molecule has 7 nitrogen and oxygen atoms in total. The Morgan fingerprint density at radius 3 is 2.72 bits per heavy atom. The van der Waals surface area contributed by atoms with E-state index in [1.807, 2.05) is 38.0 Å². The number of thioether (sulfide) groups is 1. The minimum absolute atomic E-state index is 0.256. The predicted molar refractivity (Wildman–Crippen MR) is 126 cm³/mol. The van der Waals surface area contributed by atoms with Crippen LogP contribution in [0.1, 0.15) is 17.0 Å². The highest BCUT2D eigenvalue weighted by Gasteiger charge is 2.20. The molecule has 0 spiro atoms. The van der Waals surface area contributed by atoms with Crippen LogP contribution < -0.4 is 5.73 Å². The van der Waals surface area contributed by atoms with Crippen LogP contribution in [0, 0.1) is 12.7 Å². The summed E-state index contributed by atoms with van der Waals surface area (Å²) in [7, 11) is 1.86. The molecule has 0 atom stereocenters. The van der Waals surface area contributed by atoms with Crippen LogP contribution in [0.5, 0.6) is 0 Å². The average Bonchev–Trinajstić information content (AvgIpc) is 3.32. The van der Waals surface area contributed by atoms with Gasteiger partial charge in [-0.05, 0) is 42.8 Å². The van der Waals surface area contributed by atoms with Crippen LogP contribution in [0.3, 0.4) is 0 Å². The molecule has 3 aromatic heterocycles. The van der Waals surface area contributed by atoms with Crippen molar-refractivity contribution in [2.24, 2.45) is 17.8 Å². The molecule has 1 aliphatic heterocycles. The van der Waals surface area contributed by atoms with Crippen LogP contribution in [0.25, 0.3) is 33.7 Å². The molecule has 0 radical (unpaired) electrons. The second-order valence-corrected chi connectivity index (χ2v) is 8.73. The van der Waals surface area contributed by atoms with Crippen molar-refractivity contribution in [1.29, 1.82) is 0 Å². The number of aryl methyl sites for hydroxylation is 2. The van der Waals surface area contributed by atoms with Crippen molar-refractivity contribution in [3.8, 4) is 11.3 Å². The topological polar surface area (TPSA) is 95.1 Å². The van der Waals surface area contributed by atoms with E-state index in [2.05, 4.69) is 15.1 Å². The number of allylic oxidation sites excluding steroid dienone is 1. The number of nitrogens with zero attached hydrogens (tertiary/aromatic N) is 5. The Morgan fingerprint density at radius 2 is 2.06 bits per heavy atom. The lowest BCUT2D eigenvalue weighted by atomic mass is 10.0. The van der Waals surface area contributed by atoms with Crippen molar-refractivity contribution in [2.75, 3.05) is 11.5 Å². The number of aliphatic imine (C=N–C) groups is 1. The van der Waals surface area contributed by atoms with Gasteiger partial charge in [0.2, 0.25) is 5.71 Å². The molecule has 0 unspecified atom stereocenters. The van der Waals surface area contributed by atoms with Gasteiger partial charge in [-0.15, -0.1) is 0 Å². The van der Waals surface area contributed by atoms with Gasteiger partial charge >= 0.3 is 0 Å². The second kappa shape index (κ2) is 8.23. The molecule has 1 saturated heterocycles. The molecular formula is C23H21FN6OS. The fraction of sp³-hybridized carbons (Fsp3) is 0.217. The lowest BCUT2D eigenvalue weighted by molar-refractivity contribution is 0.617. The Bertz CT molecular complexity index is 1350. The van der Waals surface area contributed by atoms with E-state index in [0.717, 1.165) is 28.1 Å². The van der Waals surface area contributed by atoms with Gasteiger partial charge < -0.3 is 10.2 Å². The molecule has 4 aromatic rings. The molecule has 0 saturated carbocycles. The standard InChI is InChI=1S/C23H21FN6OS/c1-13-19(9-30(2)29-13)20-7-17-22(27-12-28-23(17)31-20)18(8-26-16-10-32-11-16)21(25)14-3-5-15(24)6-4-14/h3-9,12,16H,10-11,25H2,1-2H3/b21-18+,26-8?. The van der Waals surface area contributed by atoms with Crippen molar-refractivity contribution < 1.29 is 8.81 Å². The van der Waals surface area contributed by atoms with E-state index >= 15 is 0 Å². The van der Waals surface area contributed by atoms with Gasteiger partial charge in [0.1, 0.15) is 17.9 Å². The minimum atomic E-state index is -0.320. The van der Waals surface area contributed by atoms with E-state index in [0.29, 0.717) is 34.0 Å². The van der Waals surface area contributed by atoms with Gasteiger partial charge in [0.15, 0.2) is 0 Å². The lowest BCUT2D eigenvalue weighted by Gasteiger charge is -2.20. The fourth-order valence-electron chi connectivity index (χ4n) is 3.58. The highest BCUT2D eigenvalue weighted by Crippen LogP contribution is 2.33. The predicted octanol–water partition coefficient (Wildman–Crippen LogP) is 4.08. The molecule has 0 bridgehead atoms. The molecule has 9 heteroatoms. The van der Waals surface area contributed by atoms with Gasteiger partial charge in [0, 0.05) is 42.2 Å². The summed E-state index contributed by atoms with van der Waals surface area (Å²) in [5.74, 6) is 2.30. The number of hydrogen-bond acceptors (Lipinski definition) is 7. The molecule has 162 valence electrons. The quantitative estimate of drug-likeness (QED) is 0.462. The summed E-state index contributed by atoms with van der Waals surface area (Å²) >= 11 is 1.85. The molecule has 1 aliphatic rings. The van der Waals surface area contributed by atoms with Crippen LogP contribution in [-0.2, 0) is 7.05 Å². The van der Waals surface area contributed by atoms with Crippen LogP contribution in [0.2, 0.25) is 0 Å². The van der Waals surface area contributed by atoms with Gasteiger partial charge in [-0.25, -0.2) is 14.4 Å². The Hall–Kier alpha value is -3.46. The van der Waals surface area contributed by atoms with E-state index in [9.17, 15) is 4.39 Å². The average molecular weight is 449 g/mol. The zero-order chi connectivity index (χ0) is 22.2. The van der Waals surface area contributed by atoms with Gasteiger partial charge in [-0.3, -0.25) is 9.67 Å². The van der Waals surface area contributed by atoms with Gasteiger partial charge in [0.25, 0.3) is 0 Å². The van der Waals surface area contributed by atoms with Crippen molar-refractivity contribution >= 4 is 40.3 Å². The van der Waals surface area contributed by atoms with E-state index in [4.69, 9.17) is 15.1 Å². The molecule has 0 amide bonds. The Balaban J connectivity index is 1.67. The number of aromatic nitrogens is 4. The van der Waals surface area contributed by atoms with Crippen LogP contribution in [0.15, 0.2) is 52.3 Å². The Labute approximate surface area is 188 Å². The maximum absolute atomic E-state index is 13.5. The summed E-state index contributed by atoms with van der Waals surface area (Å²) in [4.78, 5) is 13.5. The number of benzene rings is 1. The first-order chi connectivity index (χ1) is 15.5. The Kier molecular flexibility index (Phi) is 5.26. The van der Waals surface area contributed by atoms with Crippen LogP contribution in [-0.4, -0.2) is 43.5 Å². The molecule has 1 aromatic carbocycles. The SMILES string of the molecule is Cc1nn(C)cc1-c1cc2c(/C(C=NC3CSC3)=C(/N)c3ccc(F)cc3)ncnc2o1. The van der Waals surface area contributed by atoms with E-state index in [1.54, 1.807) is 23.0 Å². The number of furan rings is 1. The van der Waals surface area contributed by atoms with E-state index in [-0.39, 0.29) is 11.9 Å². The summed E-state index contributed by atoms with van der Waals surface area (Å²) in [6, 6.07) is 8.23. The van der Waals surface area contributed by atoms with Crippen molar-refractivity contribution in [1.82, 2.24) is 19.7 Å². The number of halogens is 1. The molecule has 32 heavy (non-hydrogen) atoms. The van der Waals surface area contributed by atoms with E-state index in [1.165, 1.54) is 18.5 Å². The summed E-state index contributed by atoms with van der Waals surface area (Å²) in [6.07, 6.45) is 5.12. The van der Waals surface area contributed by atoms with Crippen LogP contribution >= 0.6 is 11.8 Å². The van der Waals surface area contributed by atoms with Gasteiger partial charge in [-0.2, -0.15) is 16.9 Å². The first-order valence-corrected chi connectivity index (χ1v) is 11.3. The minimum Gasteiger partial charge on any atom is -0.437 e. The first kappa shape index (κ1) is 20.4. The molecule has 4 heterocycles. The third-order valence-corrected chi connectivity index (χ3v) is 6.58. The maximum Gasteiger partial charge on any atom is 0.230 e. The van der Waals surface area contributed by atoms with Crippen molar-refractivity contribution in [3.05, 3.63) is 65.6 Å². The summed E-state index contributed by atoms with van der Waals surface area (Å²) in [6.45, 7) is 1.93. The van der Waals surface area contributed by atoms with Gasteiger partial charge in [-0.1, -0.05) is 0 Å². The lowest BCUT2D eigenvalue weighted by Crippen LogP contribution is -2.22. The monoisotopic (exact) mass is 448 g/mol. The second-order valence-electron chi connectivity index (χ2n) is 7.66. The van der Waals surface area contributed by atoms with Crippen molar-refractivity contribution in [3.63, 3.8) is 0 Å². The number of rotatable bonds is 5. The number of nitrogens with two attached hydrogens (primary N) is 1. The first-order valence-electron chi connectivity index (χ1n) is 10.1. The Morgan fingerprint density at radius 1 is 1.28 bits per heavy atom. The van der Waals surface area contributed by atoms with Gasteiger partial charge in [0.05, 0.1) is 28.4 Å². The summed E-state index contributed by atoms with van der Waals surface area (Å²) in [5.41, 5.74) is 11.2. The molecule has 2 N–H and O–H groups in total. The molecule has 0 aliphatic carbocycles. The third-order valence-electron chi connectivity index (χ3n) is 5.34. The smallest absolute Gasteiger partial charge is 0.230 e. The summed E-state index contributed by atoms with van der Waals surface area (Å²) in [5, 5.41) is 5.11. The number of fused-ring (bicyclic) bond motifs is 1. The van der Waals surface area contributed by atoms with E-state index < -0.39 is 0 Å². The summed E-state index contributed by atoms with van der Waals surface area (Å²) < 4.78 is 21.2. The zero-order valence-corrected chi connectivity index (χ0v) is 18.4. The molecule has 5 rings (SSSR count). The fourth-order valence-corrected chi connectivity index (χ4v) is 4.20. The van der Waals surface area contributed by atoms with Crippen molar-refractivity contribution in [2.45, 2.75) is 13.0 Å².